The van der Waals surface area contributed by atoms with E-state index in [9.17, 15) is 61.0 Å². The molecule has 1 amide bonds. The van der Waals surface area contributed by atoms with Gasteiger partial charge in [-0.2, -0.15) is 0 Å². The summed E-state index contributed by atoms with van der Waals surface area (Å²) in [6, 6.07) is -0.971. The van der Waals surface area contributed by atoms with Gasteiger partial charge in [0.15, 0.2) is 18.9 Å². The maximum atomic E-state index is 13.5. The van der Waals surface area contributed by atoms with Crippen LogP contribution in [0.15, 0.2) is 24.3 Å². The molecule has 0 aliphatic carbocycles. The fourth-order valence-corrected chi connectivity index (χ4v) is 13.4. The molecule has 3 saturated heterocycles. The Morgan fingerprint density at radius 3 is 1.02 bits per heavy atom. The number of allylic oxidation sites excluding steroid dienone is 3. The van der Waals surface area contributed by atoms with Crippen molar-refractivity contribution >= 4 is 5.91 Å². The van der Waals surface area contributed by atoms with Crippen LogP contribution in [-0.4, -0.2) is 193 Å². The number of rotatable bonds is 62. The van der Waals surface area contributed by atoms with Crippen molar-refractivity contribution in [3.05, 3.63) is 24.3 Å². The molecule has 95 heavy (non-hydrogen) atoms. The highest BCUT2D eigenvalue weighted by atomic mass is 16.8. The van der Waals surface area contributed by atoms with Crippen molar-refractivity contribution in [3.63, 3.8) is 0 Å². The molecule has 3 rings (SSSR count). The summed E-state index contributed by atoms with van der Waals surface area (Å²) >= 11 is 0. The highest BCUT2D eigenvalue weighted by Crippen LogP contribution is 2.33. The Hall–Kier alpha value is -1.73. The molecule has 0 aromatic carbocycles. The third kappa shape index (κ3) is 38.8. The first kappa shape index (κ1) is 87.5. The fraction of sp³-hybridized carbons (Fsp3) is 0.934. The van der Waals surface area contributed by atoms with Crippen molar-refractivity contribution in [1.82, 2.24) is 5.32 Å². The average Bonchev–Trinajstić information content (AvgIpc) is 0.787. The molecule has 17 unspecified atom stereocenters. The van der Waals surface area contributed by atoms with E-state index in [0.717, 1.165) is 44.9 Å². The van der Waals surface area contributed by atoms with Gasteiger partial charge in [0.2, 0.25) is 5.91 Å². The Kier molecular flexibility index (Phi) is 53.3. The van der Waals surface area contributed by atoms with Crippen molar-refractivity contribution in [2.75, 3.05) is 26.4 Å². The van der Waals surface area contributed by atoms with E-state index in [1.165, 1.54) is 250 Å². The molecular weight excluding hydrogens is 1210 g/mol. The monoisotopic (exact) mass is 1360 g/mol. The van der Waals surface area contributed by atoms with E-state index in [4.69, 9.17) is 28.4 Å². The number of carbonyl (C=O) groups is 1. The Labute approximate surface area is 575 Å². The van der Waals surface area contributed by atoms with Crippen molar-refractivity contribution < 1.29 is 89.4 Å². The lowest BCUT2D eigenvalue weighted by molar-refractivity contribution is -0.379. The predicted molar refractivity (Wildman–Crippen MR) is 374 cm³/mol. The zero-order chi connectivity index (χ0) is 68.9. The first-order chi connectivity index (χ1) is 46.3. The van der Waals surface area contributed by atoms with Crippen LogP contribution < -0.4 is 5.32 Å². The Morgan fingerprint density at radius 1 is 0.368 bits per heavy atom. The molecule has 3 aliphatic heterocycles. The van der Waals surface area contributed by atoms with Gasteiger partial charge < -0.3 is 89.9 Å². The summed E-state index contributed by atoms with van der Waals surface area (Å²) in [4.78, 5) is 13.5. The van der Waals surface area contributed by atoms with E-state index < -0.39 is 124 Å². The molecule has 0 aromatic heterocycles. The van der Waals surface area contributed by atoms with Crippen LogP contribution in [0.5, 0.6) is 0 Å². The topological polar surface area (TPSA) is 307 Å². The second-order valence-electron chi connectivity index (χ2n) is 28.2. The lowest BCUT2D eigenvalue weighted by Gasteiger charge is -2.48. The summed E-state index contributed by atoms with van der Waals surface area (Å²) < 4.78 is 34.4. The third-order valence-electron chi connectivity index (χ3n) is 19.7. The summed E-state index contributed by atoms with van der Waals surface area (Å²) in [5.74, 6) is -0.269. The smallest absolute Gasteiger partial charge is 0.220 e. The number of aliphatic hydroxyl groups is 11. The largest absolute Gasteiger partial charge is 0.394 e. The van der Waals surface area contributed by atoms with Gasteiger partial charge in [-0.05, 0) is 44.9 Å². The number of nitrogens with one attached hydrogen (secondary N) is 1. The van der Waals surface area contributed by atoms with Crippen molar-refractivity contribution in [3.8, 4) is 0 Å². The molecule has 19 heteroatoms. The van der Waals surface area contributed by atoms with E-state index in [-0.39, 0.29) is 18.9 Å². The molecule has 3 heterocycles. The quantitative estimate of drug-likeness (QED) is 0.0199. The molecule has 3 aliphatic rings. The normalized spacial score (nSPS) is 27.3. The summed E-state index contributed by atoms with van der Waals surface area (Å²) in [6.07, 6.45) is 41.7. The Morgan fingerprint density at radius 2 is 0.663 bits per heavy atom. The number of hydrogen-bond donors (Lipinski definition) is 12. The minimum atomic E-state index is -1.98. The second kappa shape index (κ2) is 57.8. The molecule has 12 N–H and O–H groups in total. The molecule has 0 saturated carbocycles. The van der Waals surface area contributed by atoms with Crippen molar-refractivity contribution in [2.24, 2.45) is 0 Å². The average molecular weight is 1360 g/mol. The first-order valence-electron chi connectivity index (χ1n) is 39.1. The number of aliphatic hydroxyl groups excluding tert-OH is 11. The summed E-state index contributed by atoms with van der Waals surface area (Å²) in [6.45, 7) is 1.78. The lowest BCUT2D eigenvalue weighted by Crippen LogP contribution is -2.66. The minimum absolute atomic E-state index is 0.248. The number of carbonyl (C=O) groups excluding carboxylic acids is 1. The number of ether oxygens (including phenoxy) is 6. The maximum absolute atomic E-state index is 13.5. The molecule has 0 bridgehead atoms. The van der Waals surface area contributed by atoms with Crippen LogP contribution in [0.3, 0.4) is 0 Å². The Balaban J connectivity index is 1.37. The number of hydrogen-bond acceptors (Lipinski definition) is 18. The zero-order valence-electron chi connectivity index (χ0n) is 59.7. The van der Waals surface area contributed by atoms with Crippen LogP contribution in [0.25, 0.3) is 0 Å². The van der Waals surface area contributed by atoms with Crippen molar-refractivity contribution in [1.29, 1.82) is 0 Å². The van der Waals surface area contributed by atoms with Gasteiger partial charge in [-0.3, -0.25) is 4.79 Å². The van der Waals surface area contributed by atoms with Gasteiger partial charge in [-0.15, -0.1) is 0 Å². The van der Waals surface area contributed by atoms with Crippen LogP contribution in [0.1, 0.15) is 322 Å². The van der Waals surface area contributed by atoms with Gasteiger partial charge in [0.05, 0.1) is 38.6 Å². The Bertz CT molecular complexity index is 1810. The standard InChI is InChI=1S/C76H143NO18/c1-3-5-7-9-11-13-15-17-19-21-23-24-25-26-27-28-29-30-31-32-33-34-36-38-40-42-44-46-48-50-52-54-64(82)77-59(60(81)53-51-49-47-45-43-41-39-37-35-22-20-18-16-14-12-10-8-6-4-2)58-90-74-70(88)67(85)72(62(56-79)92-74)95-76-71(89)68(86)73(63(57-80)93-76)94-75-69(87)66(84)65(83)61(55-78)91-75/h21,23,51,53,59-63,65-76,78-81,83-89H,3-20,22,24-50,52,54-58H2,1-2H3,(H,77,82)/b23-21-,53-51+. The van der Waals surface area contributed by atoms with Crippen LogP contribution in [0, 0.1) is 0 Å². The van der Waals surface area contributed by atoms with Gasteiger partial charge in [0.25, 0.3) is 0 Å². The molecular formula is C76H143NO18. The van der Waals surface area contributed by atoms with Gasteiger partial charge in [-0.1, -0.05) is 295 Å². The lowest BCUT2D eigenvalue weighted by atomic mass is 9.96. The molecule has 0 aromatic rings. The van der Waals surface area contributed by atoms with E-state index in [1.807, 2.05) is 6.08 Å². The molecule has 0 spiro atoms. The highest BCUT2D eigenvalue weighted by Gasteiger charge is 2.53. The van der Waals surface area contributed by atoms with Crippen LogP contribution in [0.2, 0.25) is 0 Å². The van der Waals surface area contributed by atoms with E-state index in [0.29, 0.717) is 6.42 Å². The first-order valence-corrected chi connectivity index (χ1v) is 39.1. The molecule has 19 nitrogen and oxygen atoms in total. The van der Waals surface area contributed by atoms with Gasteiger partial charge in [0.1, 0.15) is 73.2 Å². The maximum Gasteiger partial charge on any atom is 0.220 e. The molecule has 0 radical (unpaired) electrons. The van der Waals surface area contributed by atoms with Gasteiger partial charge in [0, 0.05) is 6.42 Å². The third-order valence-corrected chi connectivity index (χ3v) is 19.7. The number of amides is 1. The molecule has 560 valence electrons. The van der Waals surface area contributed by atoms with E-state index in [1.54, 1.807) is 6.08 Å². The highest BCUT2D eigenvalue weighted by molar-refractivity contribution is 5.76. The van der Waals surface area contributed by atoms with E-state index >= 15 is 0 Å². The molecule has 3 fully saturated rings. The second-order valence-corrected chi connectivity index (χ2v) is 28.2. The van der Waals surface area contributed by atoms with Gasteiger partial charge in [-0.25, -0.2) is 0 Å². The SMILES string of the molecule is CCCCCCCCCC/C=C\CCCCCCCCCCCCCCCCCCCCCC(=O)NC(COC1OC(CO)C(OC2OC(CO)C(OC3OC(CO)C(O)C(O)C3O)C(O)C2O)C(O)C1O)C(O)/C=C/CCCCCCCCCCCCCCCCCCC. The number of unbranched alkanes of at least 4 members (excludes halogenated alkanes) is 44. The van der Waals surface area contributed by atoms with E-state index in [2.05, 4.69) is 31.3 Å². The predicted octanol–water partition coefficient (Wildman–Crippen LogP) is 12.2. The van der Waals surface area contributed by atoms with Crippen molar-refractivity contribution in [2.45, 2.75) is 426 Å². The zero-order valence-corrected chi connectivity index (χ0v) is 59.7. The van der Waals surface area contributed by atoms with Crippen LogP contribution in [0.4, 0.5) is 0 Å². The minimum Gasteiger partial charge on any atom is -0.394 e. The van der Waals surface area contributed by atoms with Crippen LogP contribution >= 0.6 is 0 Å². The summed E-state index contributed by atoms with van der Waals surface area (Å²) in [5.41, 5.74) is 0. The fourth-order valence-electron chi connectivity index (χ4n) is 13.4. The summed E-state index contributed by atoms with van der Waals surface area (Å²) in [7, 11) is 0. The summed E-state index contributed by atoms with van der Waals surface area (Å²) in [5, 5.41) is 121. The van der Waals surface area contributed by atoms with Crippen LogP contribution in [-0.2, 0) is 33.2 Å². The molecule has 17 atom stereocenters. The van der Waals surface area contributed by atoms with Gasteiger partial charge >= 0.3 is 0 Å².